The van der Waals surface area contributed by atoms with Crippen LogP contribution >= 0.6 is 0 Å². The summed E-state index contributed by atoms with van der Waals surface area (Å²) in [6.45, 7) is 0. The van der Waals surface area contributed by atoms with E-state index in [1.54, 1.807) is 0 Å². The predicted molar refractivity (Wildman–Crippen MR) is 56.0 cm³/mol. The second-order valence-corrected chi connectivity index (χ2v) is 3.34. The summed E-state index contributed by atoms with van der Waals surface area (Å²) < 4.78 is 0. The van der Waals surface area contributed by atoms with Crippen LogP contribution in [0.25, 0.3) is 5.57 Å². The molecule has 0 nitrogen and oxygen atoms in total. The van der Waals surface area contributed by atoms with Crippen molar-refractivity contribution < 1.29 is 0 Å². The number of allylic oxidation sites excluding steroid dienone is 2. The Morgan fingerprint density at radius 1 is 1.15 bits per heavy atom. The van der Waals surface area contributed by atoms with Gasteiger partial charge in [-0.05, 0) is 24.8 Å². The molecule has 1 aliphatic rings. The molecule has 1 aromatic rings. The molecule has 0 bridgehead atoms. The molecule has 2 rings (SSSR count). The highest BCUT2D eigenvalue weighted by Gasteiger charge is 2.13. The molecule has 0 heteroatoms. The molecule has 13 heavy (non-hydrogen) atoms. The van der Waals surface area contributed by atoms with Gasteiger partial charge in [0.15, 0.2) is 0 Å². The average molecular weight is 168 g/mol. The minimum Gasteiger partial charge on any atom is -0.115 e. The first-order valence-corrected chi connectivity index (χ1v) is 4.66. The lowest BCUT2D eigenvalue weighted by atomic mass is 9.85. The minimum absolute atomic E-state index is 1.12. The number of rotatable bonds is 1. The van der Waals surface area contributed by atoms with Gasteiger partial charge in [0.1, 0.15) is 0 Å². The highest BCUT2D eigenvalue weighted by molar-refractivity contribution is 5.81. The van der Waals surface area contributed by atoms with Crippen LogP contribution < -0.4 is 0 Å². The van der Waals surface area contributed by atoms with Crippen LogP contribution in [-0.2, 0) is 0 Å². The Morgan fingerprint density at radius 3 is 2.31 bits per heavy atom. The van der Waals surface area contributed by atoms with Crippen LogP contribution in [0.2, 0.25) is 0 Å². The first kappa shape index (κ1) is 8.13. The summed E-state index contributed by atoms with van der Waals surface area (Å²) in [5.41, 5.74) is 3.76. The van der Waals surface area contributed by atoms with Crippen molar-refractivity contribution in [3.8, 4) is 12.3 Å². The lowest BCUT2D eigenvalue weighted by molar-refractivity contribution is 0.667. The average Bonchev–Trinajstić information content (AvgIpc) is 2.12. The SMILES string of the molecule is C#CC(=C1CCC1)c1ccccc1. The van der Waals surface area contributed by atoms with E-state index in [-0.39, 0.29) is 0 Å². The molecule has 0 aliphatic heterocycles. The molecule has 0 spiro atoms. The predicted octanol–water partition coefficient (Wildman–Crippen LogP) is 3.26. The molecule has 1 saturated carbocycles. The van der Waals surface area contributed by atoms with E-state index in [0.717, 1.165) is 5.57 Å². The molecular weight excluding hydrogens is 156 g/mol. The molecular formula is C13H12. The Labute approximate surface area is 79.3 Å². The molecule has 0 amide bonds. The van der Waals surface area contributed by atoms with E-state index in [9.17, 15) is 0 Å². The van der Waals surface area contributed by atoms with Gasteiger partial charge in [-0.2, -0.15) is 0 Å². The Bertz CT molecular complexity index is 357. The van der Waals surface area contributed by atoms with Gasteiger partial charge in [-0.15, -0.1) is 6.42 Å². The van der Waals surface area contributed by atoms with Gasteiger partial charge >= 0.3 is 0 Å². The second-order valence-electron chi connectivity index (χ2n) is 3.34. The van der Waals surface area contributed by atoms with Crippen molar-refractivity contribution in [3.05, 3.63) is 41.5 Å². The molecule has 1 aromatic carbocycles. The van der Waals surface area contributed by atoms with Crippen LogP contribution in [0.15, 0.2) is 35.9 Å². The third-order valence-electron chi connectivity index (χ3n) is 2.52. The summed E-state index contributed by atoms with van der Waals surface area (Å²) in [6.07, 6.45) is 9.18. The smallest absolute Gasteiger partial charge is 0.0307 e. The van der Waals surface area contributed by atoms with E-state index in [4.69, 9.17) is 6.42 Å². The van der Waals surface area contributed by atoms with E-state index in [1.165, 1.54) is 30.4 Å². The largest absolute Gasteiger partial charge is 0.115 e. The molecule has 0 unspecified atom stereocenters. The standard InChI is InChI=1S/C13H12/c1-2-13(12-9-6-10-12)11-7-4-3-5-8-11/h1,3-5,7-8H,6,9-10H2. The number of hydrogen-bond acceptors (Lipinski definition) is 0. The van der Waals surface area contributed by atoms with Crippen LogP contribution in [0.5, 0.6) is 0 Å². The van der Waals surface area contributed by atoms with Crippen molar-refractivity contribution in [2.75, 3.05) is 0 Å². The van der Waals surface area contributed by atoms with E-state index >= 15 is 0 Å². The third kappa shape index (κ3) is 1.51. The molecule has 0 aromatic heterocycles. The summed E-state index contributed by atoms with van der Waals surface area (Å²) in [4.78, 5) is 0. The van der Waals surface area contributed by atoms with Gasteiger partial charge in [-0.3, -0.25) is 0 Å². The quantitative estimate of drug-likeness (QED) is 0.565. The van der Waals surface area contributed by atoms with Gasteiger partial charge in [0.2, 0.25) is 0 Å². The van der Waals surface area contributed by atoms with Gasteiger partial charge in [0.05, 0.1) is 0 Å². The van der Waals surface area contributed by atoms with E-state index < -0.39 is 0 Å². The highest BCUT2D eigenvalue weighted by Crippen LogP contribution is 2.32. The van der Waals surface area contributed by atoms with Crippen molar-refractivity contribution in [2.24, 2.45) is 0 Å². The summed E-state index contributed by atoms with van der Waals surface area (Å²) in [7, 11) is 0. The highest BCUT2D eigenvalue weighted by atomic mass is 14.2. The number of terminal acetylenes is 1. The zero-order valence-corrected chi connectivity index (χ0v) is 7.59. The second kappa shape index (κ2) is 3.49. The van der Waals surface area contributed by atoms with Crippen molar-refractivity contribution in [3.63, 3.8) is 0 Å². The first-order valence-electron chi connectivity index (χ1n) is 4.66. The molecule has 0 radical (unpaired) electrons. The lowest BCUT2D eigenvalue weighted by Gasteiger charge is -2.19. The monoisotopic (exact) mass is 168 g/mol. The van der Waals surface area contributed by atoms with Gasteiger partial charge in [-0.25, -0.2) is 0 Å². The van der Waals surface area contributed by atoms with Crippen LogP contribution in [0.3, 0.4) is 0 Å². The van der Waals surface area contributed by atoms with Crippen molar-refractivity contribution in [2.45, 2.75) is 19.3 Å². The minimum atomic E-state index is 1.12. The Morgan fingerprint density at radius 2 is 1.85 bits per heavy atom. The molecule has 0 atom stereocenters. The van der Waals surface area contributed by atoms with E-state index in [2.05, 4.69) is 18.1 Å². The maximum atomic E-state index is 5.51. The molecule has 1 aliphatic carbocycles. The maximum absolute atomic E-state index is 5.51. The molecule has 64 valence electrons. The molecule has 0 heterocycles. The fraction of sp³-hybridized carbons (Fsp3) is 0.231. The van der Waals surface area contributed by atoms with Crippen LogP contribution in [0, 0.1) is 12.3 Å². The molecule has 0 N–H and O–H groups in total. The number of benzene rings is 1. The Hall–Kier alpha value is -1.48. The molecule has 1 fully saturated rings. The normalized spacial score (nSPS) is 14.5. The Kier molecular flexibility index (Phi) is 2.19. The summed E-state index contributed by atoms with van der Waals surface area (Å²) in [5, 5.41) is 0. The summed E-state index contributed by atoms with van der Waals surface area (Å²) in [5.74, 6) is 2.80. The van der Waals surface area contributed by atoms with E-state index in [1.807, 2.05) is 18.2 Å². The Balaban J connectivity index is 2.40. The van der Waals surface area contributed by atoms with Gasteiger partial charge in [0, 0.05) is 5.57 Å². The van der Waals surface area contributed by atoms with E-state index in [0.29, 0.717) is 0 Å². The van der Waals surface area contributed by atoms with Crippen LogP contribution in [0.4, 0.5) is 0 Å². The molecule has 0 saturated heterocycles. The third-order valence-corrected chi connectivity index (χ3v) is 2.52. The number of hydrogen-bond donors (Lipinski definition) is 0. The topological polar surface area (TPSA) is 0 Å². The van der Waals surface area contributed by atoms with Gasteiger partial charge < -0.3 is 0 Å². The van der Waals surface area contributed by atoms with Crippen LogP contribution in [-0.4, -0.2) is 0 Å². The van der Waals surface area contributed by atoms with Gasteiger partial charge in [-0.1, -0.05) is 41.8 Å². The summed E-state index contributed by atoms with van der Waals surface area (Å²) >= 11 is 0. The summed E-state index contributed by atoms with van der Waals surface area (Å²) in [6, 6.07) is 10.3. The maximum Gasteiger partial charge on any atom is 0.0307 e. The zero-order valence-electron chi connectivity index (χ0n) is 7.59. The van der Waals surface area contributed by atoms with Crippen molar-refractivity contribution >= 4 is 5.57 Å². The first-order chi connectivity index (χ1) is 6.42. The van der Waals surface area contributed by atoms with Crippen molar-refractivity contribution in [1.29, 1.82) is 0 Å². The fourth-order valence-electron chi connectivity index (χ4n) is 1.60. The lowest BCUT2D eigenvalue weighted by Crippen LogP contribution is -2.00. The van der Waals surface area contributed by atoms with Crippen LogP contribution in [0.1, 0.15) is 24.8 Å². The van der Waals surface area contributed by atoms with Gasteiger partial charge in [0.25, 0.3) is 0 Å². The van der Waals surface area contributed by atoms with Crippen molar-refractivity contribution in [1.82, 2.24) is 0 Å². The zero-order chi connectivity index (χ0) is 9.10. The fourth-order valence-corrected chi connectivity index (χ4v) is 1.60.